The van der Waals surface area contributed by atoms with Crippen LogP contribution in [0.25, 0.3) is 27.7 Å². The van der Waals surface area contributed by atoms with Crippen LogP contribution in [0, 0.1) is 11.6 Å². The third kappa shape index (κ3) is 2.97. The molecule has 0 atom stereocenters. The van der Waals surface area contributed by atoms with Crippen LogP contribution >= 0.6 is 0 Å². The highest BCUT2D eigenvalue weighted by Crippen LogP contribution is 2.26. The Balaban J connectivity index is 1.59. The fourth-order valence-electron chi connectivity index (χ4n) is 3.47. The number of halogens is 2. The van der Waals surface area contributed by atoms with Crippen LogP contribution < -0.4 is 5.56 Å². The fraction of sp³-hybridized carbons (Fsp3) is 0.0455. The van der Waals surface area contributed by atoms with E-state index in [9.17, 15) is 13.6 Å². The zero-order valence-corrected chi connectivity index (χ0v) is 15.1. The summed E-state index contributed by atoms with van der Waals surface area (Å²) in [4.78, 5) is 20.3. The van der Waals surface area contributed by atoms with E-state index >= 15 is 0 Å². The van der Waals surface area contributed by atoms with Gasteiger partial charge in [-0.2, -0.15) is 0 Å². The molecule has 5 nitrogen and oxygen atoms in total. The first-order chi connectivity index (χ1) is 14.1. The lowest BCUT2D eigenvalue weighted by Gasteiger charge is -2.12. The molecule has 0 radical (unpaired) electrons. The number of fused-ring (bicyclic) bond motifs is 2. The Morgan fingerprint density at radius 1 is 0.966 bits per heavy atom. The van der Waals surface area contributed by atoms with Crippen LogP contribution in [0.4, 0.5) is 8.78 Å². The molecule has 0 fully saturated rings. The summed E-state index contributed by atoms with van der Waals surface area (Å²) in [6.07, 6.45) is 7.82. The first-order valence-corrected chi connectivity index (χ1v) is 8.95. The average molecular weight is 388 g/mol. The van der Waals surface area contributed by atoms with Crippen molar-refractivity contribution in [3.63, 3.8) is 0 Å². The maximum Gasteiger partial charge on any atom is 0.269 e. The van der Waals surface area contributed by atoms with Crippen molar-refractivity contribution in [2.24, 2.45) is 0 Å². The van der Waals surface area contributed by atoms with Gasteiger partial charge in [0, 0.05) is 29.7 Å². The molecule has 0 saturated heterocycles. The smallest absolute Gasteiger partial charge is 0.269 e. The minimum Gasteiger partial charge on any atom is -0.323 e. The van der Waals surface area contributed by atoms with E-state index in [4.69, 9.17) is 0 Å². The molecule has 29 heavy (non-hydrogen) atoms. The van der Waals surface area contributed by atoms with Gasteiger partial charge in [-0.3, -0.25) is 9.78 Å². The first-order valence-electron chi connectivity index (χ1n) is 8.95. The van der Waals surface area contributed by atoms with Gasteiger partial charge >= 0.3 is 0 Å². The molecule has 0 bridgehead atoms. The number of pyridine rings is 2. The molecule has 0 amide bonds. The van der Waals surface area contributed by atoms with Gasteiger partial charge in [-0.15, -0.1) is 0 Å². The fourth-order valence-corrected chi connectivity index (χ4v) is 3.47. The van der Waals surface area contributed by atoms with Gasteiger partial charge in [0.05, 0.1) is 24.5 Å². The quantitative estimate of drug-likeness (QED) is 0.469. The van der Waals surface area contributed by atoms with Crippen LogP contribution in [-0.4, -0.2) is 18.9 Å². The molecule has 0 aliphatic carbocycles. The van der Waals surface area contributed by atoms with Crippen LogP contribution in [0.2, 0.25) is 0 Å². The number of aromatic nitrogens is 4. The Hall–Kier alpha value is -3.87. The van der Waals surface area contributed by atoms with Gasteiger partial charge in [-0.05, 0) is 47.5 Å². The van der Waals surface area contributed by atoms with Crippen LogP contribution in [0.15, 0.2) is 78.2 Å². The Morgan fingerprint density at radius 2 is 1.79 bits per heavy atom. The maximum atomic E-state index is 14.9. The minimum atomic E-state index is -0.710. The summed E-state index contributed by atoms with van der Waals surface area (Å²) < 4.78 is 32.9. The molecule has 0 saturated carbocycles. The molecule has 142 valence electrons. The highest BCUT2D eigenvalue weighted by atomic mass is 19.1. The van der Waals surface area contributed by atoms with E-state index in [1.165, 1.54) is 29.1 Å². The second kappa shape index (κ2) is 6.63. The summed E-state index contributed by atoms with van der Waals surface area (Å²) in [6.45, 7) is -0.240. The van der Waals surface area contributed by atoms with Gasteiger partial charge in [-0.1, -0.05) is 6.07 Å². The van der Waals surface area contributed by atoms with Crippen LogP contribution in [0.5, 0.6) is 0 Å². The molecule has 5 rings (SSSR count). The molecule has 0 N–H and O–H groups in total. The molecule has 7 heteroatoms. The predicted molar refractivity (Wildman–Crippen MR) is 106 cm³/mol. The van der Waals surface area contributed by atoms with E-state index in [0.29, 0.717) is 22.2 Å². The minimum absolute atomic E-state index is 0.179. The molecular formula is C22H14F2N4O. The van der Waals surface area contributed by atoms with Crippen molar-refractivity contribution in [1.29, 1.82) is 0 Å². The van der Waals surface area contributed by atoms with E-state index in [1.54, 1.807) is 6.07 Å². The lowest BCUT2D eigenvalue weighted by molar-refractivity contribution is 0.545. The van der Waals surface area contributed by atoms with Crippen molar-refractivity contribution in [3.8, 4) is 11.1 Å². The Kier molecular flexibility index (Phi) is 3.94. The highest BCUT2D eigenvalue weighted by Gasteiger charge is 2.15. The van der Waals surface area contributed by atoms with Crippen LogP contribution in [0.1, 0.15) is 5.56 Å². The zero-order valence-electron chi connectivity index (χ0n) is 15.1. The topological polar surface area (TPSA) is 52.2 Å². The Labute approximate surface area is 163 Å². The number of rotatable bonds is 3. The first kappa shape index (κ1) is 17.2. The number of nitrogens with zero attached hydrogens (tertiary/aromatic N) is 4. The van der Waals surface area contributed by atoms with Crippen LogP contribution in [-0.2, 0) is 6.54 Å². The van der Waals surface area contributed by atoms with Crippen molar-refractivity contribution in [2.75, 3.05) is 0 Å². The summed E-state index contributed by atoms with van der Waals surface area (Å²) in [5, 5.41) is 0. The molecule has 0 unspecified atom stereocenters. The van der Waals surface area contributed by atoms with Gasteiger partial charge < -0.3 is 8.97 Å². The van der Waals surface area contributed by atoms with E-state index in [-0.39, 0.29) is 12.1 Å². The monoisotopic (exact) mass is 388 g/mol. The van der Waals surface area contributed by atoms with Crippen molar-refractivity contribution in [2.45, 2.75) is 6.54 Å². The SMILES string of the molecule is O=c1cnc2cnccc2n1Cc1c(F)cc(-c2ccc3cccn3c2)cc1F. The molecule has 4 aromatic heterocycles. The van der Waals surface area contributed by atoms with Gasteiger partial charge in [0.15, 0.2) is 0 Å². The summed E-state index contributed by atoms with van der Waals surface area (Å²) in [6, 6.07) is 11.7. The molecule has 0 spiro atoms. The number of hydrogen-bond donors (Lipinski definition) is 0. The van der Waals surface area contributed by atoms with Gasteiger partial charge in [-0.25, -0.2) is 13.8 Å². The third-order valence-corrected chi connectivity index (χ3v) is 4.96. The van der Waals surface area contributed by atoms with Crippen molar-refractivity contribution >= 4 is 16.6 Å². The molecule has 0 aliphatic rings. The van der Waals surface area contributed by atoms with Crippen LogP contribution in [0.3, 0.4) is 0 Å². The molecule has 0 aliphatic heterocycles. The van der Waals surface area contributed by atoms with Gasteiger partial charge in [0.2, 0.25) is 0 Å². The molecule has 1 aromatic carbocycles. The average Bonchev–Trinajstić information content (AvgIpc) is 3.19. The third-order valence-electron chi connectivity index (χ3n) is 4.96. The molecule has 4 heterocycles. The second-order valence-electron chi connectivity index (χ2n) is 6.72. The summed E-state index contributed by atoms with van der Waals surface area (Å²) in [5.41, 5.74) is 2.43. The summed E-state index contributed by atoms with van der Waals surface area (Å²) >= 11 is 0. The maximum absolute atomic E-state index is 14.9. The lowest BCUT2D eigenvalue weighted by atomic mass is 10.0. The molecular weight excluding hydrogens is 374 g/mol. The largest absolute Gasteiger partial charge is 0.323 e. The summed E-state index contributed by atoms with van der Waals surface area (Å²) in [5.74, 6) is -1.42. The van der Waals surface area contributed by atoms with Gasteiger partial charge in [0.25, 0.3) is 5.56 Å². The van der Waals surface area contributed by atoms with Crippen molar-refractivity contribution in [1.82, 2.24) is 18.9 Å². The summed E-state index contributed by atoms with van der Waals surface area (Å²) in [7, 11) is 0. The number of hydrogen-bond acceptors (Lipinski definition) is 3. The number of benzene rings is 1. The zero-order chi connectivity index (χ0) is 20.0. The molecule has 5 aromatic rings. The second-order valence-corrected chi connectivity index (χ2v) is 6.72. The lowest BCUT2D eigenvalue weighted by Crippen LogP contribution is -2.22. The normalized spacial score (nSPS) is 11.4. The Bertz CT molecular complexity index is 1420. The van der Waals surface area contributed by atoms with E-state index < -0.39 is 17.2 Å². The standard InChI is InChI=1S/C22H14F2N4O/c23-18-8-15(14-3-4-16-2-1-7-27(16)12-14)9-19(24)17(18)13-28-21-5-6-25-10-20(21)26-11-22(28)29/h1-12H,13H2. The predicted octanol–water partition coefficient (Wildman–Crippen LogP) is 4.04. The van der Waals surface area contributed by atoms with Crippen molar-refractivity contribution in [3.05, 3.63) is 101 Å². The Morgan fingerprint density at radius 3 is 2.62 bits per heavy atom. The van der Waals surface area contributed by atoms with E-state index in [0.717, 1.165) is 11.7 Å². The van der Waals surface area contributed by atoms with Crippen molar-refractivity contribution < 1.29 is 8.78 Å². The highest BCUT2D eigenvalue weighted by molar-refractivity contribution is 5.73. The van der Waals surface area contributed by atoms with E-state index in [2.05, 4.69) is 9.97 Å². The van der Waals surface area contributed by atoms with Gasteiger partial charge in [0.1, 0.15) is 17.2 Å². The van der Waals surface area contributed by atoms with E-state index in [1.807, 2.05) is 41.1 Å².